The quantitative estimate of drug-likeness (QED) is 0.103. The first-order valence-electron chi connectivity index (χ1n) is 23.7. The fourth-order valence-corrected chi connectivity index (χ4v) is 14.1. The number of para-hydroxylation sites is 2. The molecule has 4 aliphatic heterocycles. The molecule has 2 spiro atoms. The summed E-state index contributed by atoms with van der Waals surface area (Å²) in [5.74, 6) is 3.03. The van der Waals surface area contributed by atoms with E-state index < -0.39 is 28.1 Å². The average Bonchev–Trinajstić information content (AvgIpc) is 4.21. The van der Waals surface area contributed by atoms with E-state index >= 15 is 0 Å². The molecule has 362 valence electrons. The number of nitrogens with two attached hydrogens (primary N) is 1. The Kier molecular flexibility index (Phi) is 12.8. The fraction of sp³-hybridized carbons (Fsp3) is 0.554. The molecule has 4 bridgehead atoms. The van der Waals surface area contributed by atoms with Gasteiger partial charge in [0.2, 0.25) is 0 Å². The van der Waals surface area contributed by atoms with Gasteiger partial charge < -0.3 is 41.0 Å². The van der Waals surface area contributed by atoms with Crippen LogP contribution in [-0.4, -0.2) is 104 Å². The number of carbonyl (C=O) groups is 1. The van der Waals surface area contributed by atoms with E-state index in [-0.39, 0.29) is 71.2 Å². The third-order valence-corrected chi connectivity index (χ3v) is 17.2. The minimum absolute atomic E-state index is 0. The van der Waals surface area contributed by atoms with Crippen LogP contribution in [0.25, 0.3) is 0 Å². The Bertz CT molecular complexity index is 2450. The molecule has 6 fully saturated rings. The zero-order chi connectivity index (χ0) is 42.9. The number of benzene rings is 4. The smallest absolute Gasteiger partial charge is 0.174 e. The lowest BCUT2D eigenvalue weighted by molar-refractivity contribution is -0.188. The molecule has 0 radical (unpaired) electrons. The summed E-state index contributed by atoms with van der Waals surface area (Å²) in [4.78, 5) is 17.8. The molecule has 4 saturated carbocycles. The number of nitrogens with zero attached hydrogens (tertiary/aromatic N) is 2. The molecule has 7 N–H and O–H groups in total. The number of phenolic OH excluding ortho intramolecular Hbond substituents is 2. The van der Waals surface area contributed by atoms with Crippen LogP contribution in [0.1, 0.15) is 116 Å². The molecule has 6 aliphatic carbocycles. The topological polar surface area (TPSA) is 161 Å². The van der Waals surface area contributed by atoms with Crippen molar-refractivity contribution >= 4 is 17.2 Å². The van der Waals surface area contributed by atoms with Crippen LogP contribution in [0.4, 0.5) is 11.4 Å². The van der Waals surface area contributed by atoms with Gasteiger partial charge in [-0.2, -0.15) is 0 Å². The van der Waals surface area contributed by atoms with Crippen molar-refractivity contribution in [2.75, 3.05) is 37.2 Å². The average molecular weight is 917 g/mol. The highest BCUT2D eigenvalue weighted by molar-refractivity contribution is 5.90. The number of Topliss-reactive ketones (excluding diaryl/α,β-unsaturated/α-hetero) is 1. The Morgan fingerprint density at radius 1 is 0.627 bits per heavy atom. The second-order valence-corrected chi connectivity index (χ2v) is 20.6. The molecule has 2 saturated heterocycles. The molecule has 9 atom stereocenters. The summed E-state index contributed by atoms with van der Waals surface area (Å²) in [7, 11) is 0. The highest BCUT2D eigenvalue weighted by Crippen LogP contribution is 2.67. The number of hydrogen-bond acceptors (Lipinski definition) is 11. The van der Waals surface area contributed by atoms with E-state index in [1.807, 2.05) is 54.6 Å². The Labute approximate surface area is 398 Å². The van der Waals surface area contributed by atoms with E-state index in [0.717, 1.165) is 105 Å². The predicted molar refractivity (Wildman–Crippen MR) is 266 cm³/mol. The van der Waals surface area contributed by atoms with Crippen molar-refractivity contribution in [1.82, 2.24) is 9.80 Å². The van der Waals surface area contributed by atoms with Gasteiger partial charge in [0.1, 0.15) is 6.10 Å². The van der Waals surface area contributed by atoms with Gasteiger partial charge in [-0.25, -0.2) is 0 Å². The molecule has 0 aromatic heterocycles. The van der Waals surface area contributed by atoms with E-state index in [0.29, 0.717) is 24.3 Å². The molecule has 4 aromatic rings. The second kappa shape index (κ2) is 17.6. The first-order valence-corrected chi connectivity index (χ1v) is 23.7. The van der Waals surface area contributed by atoms with Crippen LogP contribution in [0.3, 0.4) is 0 Å². The highest BCUT2D eigenvalue weighted by atomic mass is 16.5. The van der Waals surface area contributed by atoms with Crippen molar-refractivity contribution in [2.24, 2.45) is 11.8 Å². The summed E-state index contributed by atoms with van der Waals surface area (Å²) < 4.78 is 12.6. The zero-order valence-corrected chi connectivity index (χ0v) is 35.9. The monoisotopic (exact) mass is 917 g/mol. The van der Waals surface area contributed by atoms with Crippen LogP contribution in [0.5, 0.6) is 23.0 Å². The molecule has 14 rings (SSSR count). The third kappa shape index (κ3) is 7.15. The van der Waals surface area contributed by atoms with Crippen molar-refractivity contribution in [3.63, 3.8) is 0 Å². The predicted octanol–water partition coefficient (Wildman–Crippen LogP) is 8.78. The van der Waals surface area contributed by atoms with E-state index in [4.69, 9.17) is 15.2 Å². The molecule has 10 aliphatic rings. The van der Waals surface area contributed by atoms with Gasteiger partial charge in [-0.05, 0) is 143 Å². The zero-order valence-electron chi connectivity index (χ0n) is 35.9. The van der Waals surface area contributed by atoms with Crippen LogP contribution in [0.2, 0.25) is 0 Å². The number of likely N-dealkylation sites (tertiary alicyclic amines) is 2. The number of aliphatic hydroxyl groups is 2. The summed E-state index contributed by atoms with van der Waals surface area (Å²) in [6.45, 7) is 4.06. The Balaban J connectivity index is 0.000000153. The summed E-state index contributed by atoms with van der Waals surface area (Å²) in [6, 6.07) is 27.5. The third-order valence-electron chi connectivity index (χ3n) is 17.2. The molecule has 11 heteroatoms. The number of piperidine rings is 2. The van der Waals surface area contributed by atoms with Gasteiger partial charge in [0, 0.05) is 54.1 Å². The van der Waals surface area contributed by atoms with Crippen LogP contribution in [-0.2, 0) is 28.5 Å². The minimum Gasteiger partial charge on any atom is -0.504 e. The highest BCUT2D eigenvalue weighted by Gasteiger charge is 2.74. The molecule has 4 heterocycles. The number of anilines is 2. The van der Waals surface area contributed by atoms with Crippen LogP contribution < -0.4 is 20.5 Å². The number of nitrogens with one attached hydrogen (secondary N) is 1. The van der Waals surface area contributed by atoms with Gasteiger partial charge in [-0.3, -0.25) is 14.6 Å². The van der Waals surface area contributed by atoms with E-state index in [1.54, 1.807) is 12.1 Å². The molecular weight excluding hydrogens is 841 g/mol. The molecule has 4 aromatic carbocycles. The summed E-state index contributed by atoms with van der Waals surface area (Å²) in [6.07, 6.45) is 10.2. The number of rotatable bonds is 6. The van der Waals surface area contributed by atoms with E-state index in [9.17, 15) is 25.2 Å². The van der Waals surface area contributed by atoms with Crippen LogP contribution in [0, 0.1) is 11.8 Å². The van der Waals surface area contributed by atoms with Crippen molar-refractivity contribution < 1.29 is 34.7 Å². The lowest BCUT2D eigenvalue weighted by atomic mass is 9.48. The summed E-state index contributed by atoms with van der Waals surface area (Å²) >= 11 is 0. The maximum Gasteiger partial charge on any atom is 0.174 e. The maximum absolute atomic E-state index is 12.7. The van der Waals surface area contributed by atoms with Crippen LogP contribution >= 0.6 is 0 Å². The Morgan fingerprint density at radius 2 is 1.13 bits per heavy atom. The van der Waals surface area contributed by atoms with Gasteiger partial charge in [-0.1, -0.05) is 78.2 Å². The van der Waals surface area contributed by atoms with Gasteiger partial charge >= 0.3 is 0 Å². The number of carbonyl (C=O) groups excluding carboxylic acids is 1. The van der Waals surface area contributed by atoms with Crippen LogP contribution in [0.15, 0.2) is 84.9 Å². The number of nitrogen functional groups attached to an aromatic ring is 1. The molecule has 11 nitrogen and oxygen atoms in total. The van der Waals surface area contributed by atoms with Crippen molar-refractivity contribution in [1.29, 1.82) is 0 Å². The lowest BCUT2D eigenvalue weighted by Crippen LogP contribution is -2.77. The lowest BCUT2D eigenvalue weighted by Gasteiger charge is -2.64. The number of ketones is 1. The van der Waals surface area contributed by atoms with Gasteiger partial charge in [0.25, 0.3) is 0 Å². The van der Waals surface area contributed by atoms with Crippen molar-refractivity contribution in [3.05, 3.63) is 107 Å². The first kappa shape index (κ1) is 48.6. The minimum atomic E-state index is -0.940. The van der Waals surface area contributed by atoms with Gasteiger partial charge in [0.15, 0.2) is 34.9 Å². The number of hydrogen-bond donors (Lipinski definition) is 6. The van der Waals surface area contributed by atoms with Gasteiger partial charge in [-0.15, -0.1) is 0 Å². The standard InChI is InChI=1S/C26H30N2O3.C20H23NO4.C6H7N.4CH4/c29-20-9-8-17-14-21-26(30)11-10-19(27-18-4-2-1-3-5-18)24-25(26,22(17)23(20)31-24)12-13-28(21)15-16-6-7-16;22-13-4-3-12-9-15-20(24)6-5-14(23)18-19(20,16(12)17(13)25-18)7-8-21(15)10-11-1-2-11;7-6-4-2-1-3-5-6;;;;/h1-5,8-9,16,19,21,24,27,29-30H,6-7,10-15H2;3-4,11,15,18,22,24H,1-2,5-10H2;1-5H,7H2;4*1H4/t19?,21-,24+,25+,26-;15-,18+,19+,20-;;;;;/m11...../s1. The normalized spacial score (nSPS) is 33.8. The second-order valence-electron chi connectivity index (χ2n) is 20.6. The first-order chi connectivity index (χ1) is 30.5. The molecule has 1 unspecified atom stereocenters. The van der Waals surface area contributed by atoms with E-state index in [1.165, 1.54) is 31.2 Å². The Hall–Kier alpha value is -4.81. The summed E-state index contributed by atoms with van der Waals surface area (Å²) in [5.41, 5.74) is 8.80. The van der Waals surface area contributed by atoms with E-state index in [2.05, 4.69) is 33.3 Å². The van der Waals surface area contributed by atoms with Crippen molar-refractivity contribution in [2.45, 2.75) is 159 Å². The maximum atomic E-state index is 12.7. The number of phenols is 2. The number of ether oxygens (including phenoxy) is 2. The summed E-state index contributed by atoms with van der Waals surface area (Å²) in [5, 5.41) is 49.2. The number of aromatic hydroxyl groups is 2. The fourth-order valence-electron chi connectivity index (χ4n) is 14.1. The molecule has 67 heavy (non-hydrogen) atoms. The largest absolute Gasteiger partial charge is 0.504 e. The molecule has 0 amide bonds. The SMILES string of the molecule is C.C.C.C.Nc1ccccc1.O=C1CC[C@@]2(O)[C@H]3Cc4ccc(O)c5c4[C@@]2(CCN3CC2CC2)[C@H]1O5.Oc1ccc2c3c1O[C@H]1C(Nc4ccccc4)CC[C@@]4(O)[C@@H](C2)N(CC2CC2)CC[C@]314. The Morgan fingerprint density at radius 3 is 1.67 bits per heavy atom. The van der Waals surface area contributed by atoms with Gasteiger partial charge in [0.05, 0.1) is 28.1 Å². The van der Waals surface area contributed by atoms with Crippen molar-refractivity contribution in [3.8, 4) is 23.0 Å². The molecular formula is C56H76N4O7.